The van der Waals surface area contributed by atoms with E-state index in [1.54, 1.807) is 12.1 Å². The summed E-state index contributed by atoms with van der Waals surface area (Å²) in [6.45, 7) is 0. The highest BCUT2D eigenvalue weighted by Crippen LogP contribution is 2.34. The molecule has 0 aromatic heterocycles. The van der Waals surface area contributed by atoms with Gasteiger partial charge in [0.25, 0.3) is 0 Å². The lowest BCUT2D eigenvalue weighted by Gasteiger charge is -2.13. The van der Waals surface area contributed by atoms with Gasteiger partial charge in [0.2, 0.25) is 0 Å². The molecule has 5 nitrogen and oxygen atoms in total. The second kappa shape index (κ2) is 5.88. The summed E-state index contributed by atoms with van der Waals surface area (Å²) in [6, 6.07) is 2.49. The molecule has 0 amide bonds. The van der Waals surface area contributed by atoms with Gasteiger partial charge in [0, 0.05) is 16.5 Å². The molecule has 0 spiro atoms. The van der Waals surface area contributed by atoms with E-state index in [-0.39, 0.29) is 12.2 Å². The molecule has 17 heavy (non-hydrogen) atoms. The Labute approximate surface area is 108 Å². The Balaban J connectivity index is 2.98. The molecule has 1 atom stereocenters. The summed E-state index contributed by atoms with van der Waals surface area (Å²) >= 11 is 3.28. The number of halogens is 1. The third kappa shape index (κ3) is 3.34. The molecule has 0 bridgehead atoms. The lowest BCUT2D eigenvalue weighted by atomic mass is 10.1. The van der Waals surface area contributed by atoms with Crippen LogP contribution in [0.5, 0.6) is 11.5 Å². The lowest BCUT2D eigenvalue weighted by molar-refractivity contribution is -0.142. The van der Waals surface area contributed by atoms with E-state index in [0.29, 0.717) is 11.3 Å². The fraction of sp³-hybridized carbons (Fsp3) is 0.364. The van der Waals surface area contributed by atoms with Crippen molar-refractivity contribution < 1.29 is 19.4 Å². The van der Waals surface area contributed by atoms with Gasteiger partial charge in [-0.25, -0.2) is 0 Å². The highest BCUT2D eigenvalue weighted by atomic mass is 79.9. The fourth-order valence-corrected chi connectivity index (χ4v) is 1.90. The number of hydrogen-bond acceptors (Lipinski definition) is 5. The molecule has 0 aliphatic carbocycles. The summed E-state index contributed by atoms with van der Waals surface area (Å²) in [5.41, 5.74) is 6.15. The Kier molecular flexibility index (Phi) is 4.77. The van der Waals surface area contributed by atoms with Gasteiger partial charge in [-0.3, -0.25) is 4.79 Å². The number of phenols is 1. The third-order valence-corrected chi connectivity index (χ3v) is 2.74. The maximum absolute atomic E-state index is 11.2. The Bertz CT molecular complexity index is 422. The van der Waals surface area contributed by atoms with Gasteiger partial charge < -0.3 is 20.3 Å². The fourth-order valence-electron chi connectivity index (χ4n) is 1.41. The largest absolute Gasteiger partial charge is 0.504 e. The van der Waals surface area contributed by atoms with Crippen LogP contribution in [0.4, 0.5) is 0 Å². The van der Waals surface area contributed by atoms with Crippen LogP contribution in [0.3, 0.4) is 0 Å². The topological polar surface area (TPSA) is 81.8 Å². The number of ether oxygens (including phenoxy) is 2. The number of aromatic hydroxyl groups is 1. The van der Waals surface area contributed by atoms with Crippen LogP contribution in [0.2, 0.25) is 0 Å². The molecule has 0 saturated carbocycles. The van der Waals surface area contributed by atoms with Crippen molar-refractivity contribution in [3.63, 3.8) is 0 Å². The number of benzene rings is 1. The Morgan fingerprint density at radius 3 is 2.71 bits per heavy atom. The molecule has 0 radical (unpaired) electrons. The van der Waals surface area contributed by atoms with Gasteiger partial charge >= 0.3 is 5.97 Å². The Morgan fingerprint density at radius 2 is 2.18 bits per heavy atom. The third-order valence-electron chi connectivity index (χ3n) is 2.28. The highest BCUT2D eigenvalue weighted by molar-refractivity contribution is 9.10. The second-order valence-corrected chi connectivity index (χ2v) is 4.37. The number of phenolic OH excluding ortho intramolecular Hbond substituents is 1. The van der Waals surface area contributed by atoms with Crippen LogP contribution < -0.4 is 10.5 Å². The van der Waals surface area contributed by atoms with Crippen molar-refractivity contribution in [2.24, 2.45) is 5.73 Å². The van der Waals surface area contributed by atoms with Gasteiger partial charge in [-0.15, -0.1) is 0 Å². The quantitative estimate of drug-likeness (QED) is 0.817. The summed E-state index contributed by atoms with van der Waals surface area (Å²) in [5, 5.41) is 9.86. The van der Waals surface area contributed by atoms with Crippen LogP contribution in [0.15, 0.2) is 16.6 Å². The SMILES string of the molecule is COC(=O)C(N)Cc1cc(Br)cc(OC)c1O. The first-order chi connectivity index (χ1) is 7.99. The summed E-state index contributed by atoms with van der Waals surface area (Å²) in [5.74, 6) is -0.218. The molecule has 1 unspecified atom stereocenters. The van der Waals surface area contributed by atoms with Gasteiger partial charge in [0.05, 0.1) is 14.2 Å². The molecule has 3 N–H and O–H groups in total. The summed E-state index contributed by atoms with van der Waals surface area (Å²) in [6.07, 6.45) is 0.175. The number of nitrogens with two attached hydrogens (primary N) is 1. The van der Waals surface area contributed by atoms with Crippen LogP contribution in [0.25, 0.3) is 0 Å². The number of carbonyl (C=O) groups is 1. The van der Waals surface area contributed by atoms with Crippen LogP contribution in [0.1, 0.15) is 5.56 Å². The average Bonchev–Trinajstić information content (AvgIpc) is 2.31. The molecule has 1 aromatic carbocycles. The molecule has 0 aliphatic rings. The van der Waals surface area contributed by atoms with E-state index in [9.17, 15) is 9.90 Å². The van der Waals surface area contributed by atoms with Crippen molar-refractivity contribution in [1.82, 2.24) is 0 Å². The zero-order valence-corrected chi connectivity index (χ0v) is 11.2. The zero-order chi connectivity index (χ0) is 13.0. The van der Waals surface area contributed by atoms with Crippen molar-refractivity contribution in [1.29, 1.82) is 0 Å². The van der Waals surface area contributed by atoms with E-state index in [1.807, 2.05) is 0 Å². The van der Waals surface area contributed by atoms with Gasteiger partial charge in [-0.05, 0) is 12.1 Å². The summed E-state index contributed by atoms with van der Waals surface area (Å²) in [4.78, 5) is 11.2. The van der Waals surface area contributed by atoms with E-state index in [4.69, 9.17) is 10.5 Å². The molecular formula is C11H14BrNO4. The van der Waals surface area contributed by atoms with E-state index >= 15 is 0 Å². The number of rotatable bonds is 4. The first-order valence-electron chi connectivity index (χ1n) is 4.88. The summed E-state index contributed by atoms with van der Waals surface area (Å²) < 4.78 is 10.3. The minimum absolute atomic E-state index is 0.0185. The van der Waals surface area contributed by atoms with Crippen LogP contribution >= 0.6 is 15.9 Å². The van der Waals surface area contributed by atoms with Gasteiger partial charge in [-0.1, -0.05) is 15.9 Å². The van der Waals surface area contributed by atoms with Crippen molar-refractivity contribution in [2.75, 3.05) is 14.2 Å². The normalized spacial score (nSPS) is 12.0. The first kappa shape index (κ1) is 13.8. The number of hydrogen-bond donors (Lipinski definition) is 2. The summed E-state index contributed by atoms with van der Waals surface area (Å²) in [7, 11) is 2.72. The zero-order valence-electron chi connectivity index (χ0n) is 9.57. The molecule has 94 valence electrons. The van der Waals surface area contributed by atoms with Crippen molar-refractivity contribution in [3.05, 3.63) is 22.2 Å². The molecular weight excluding hydrogens is 290 g/mol. The van der Waals surface area contributed by atoms with E-state index in [2.05, 4.69) is 20.7 Å². The molecule has 0 saturated heterocycles. The van der Waals surface area contributed by atoms with E-state index in [1.165, 1.54) is 14.2 Å². The molecule has 1 aromatic rings. The lowest BCUT2D eigenvalue weighted by Crippen LogP contribution is -2.33. The predicted octanol–water partition coefficient (Wildman–Crippen LogP) is 1.21. The second-order valence-electron chi connectivity index (χ2n) is 3.45. The maximum atomic E-state index is 11.2. The Hall–Kier alpha value is -1.27. The monoisotopic (exact) mass is 303 g/mol. The Morgan fingerprint density at radius 1 is 1.53 bits per heavy atom. The maximum Gasteiger partial charge on any atom is 0.322 e. The predicted molar refractivity (Wildman–Crippen MR) is 66.1 cm³/mol. The van der Waals surface area contributed by atoms with E-state index < -0.39 is 12.0 Å². The minimum Gasteiger partial charge on any atom is -0.504 e. The molecule has 0 fully saturated rings. The first-order valence-corrected chi connectivity index (χ1v) is 5.67. The highest BCUT2D eigenvalue weighted by Gasteiger charge is 2.18. The number of methoxy groups -OCH3 is 2. The van der Waals surface area contributed by atoms with Gasteiger partial charge in [0.1, 0.15) is 6.04 Å². The standard InChI is InChI=1S/C11H14BrNO4/c1-16-9-5-7(12)3-6(10(9)14)4-8(13)11(15)17-2/h3,5,8,14H,4,13H2,1-2H3. The van der Waals surface area contributed by atoms with E-state index in [0.717, 1.165) is 4.47 Å². The van der Waals surface area contributed by atoms with Crippen molar-refractivity contribution >= 4 is 21.9 Å². The number of esters is 1. The smallest absolute Gasteiger partial charge is 0.322 e. The molecule has 6 heteroatoms. The van der Waals surface area contributed by atoms with Gasteiger partial charge in [-0.2, -0.15) is 0 Å². The average molecular weight is 304 g/mol. The minimum atomic E-state index is -0.815. The number of carbonyl (C=O) groups excluding carboxylic acids is 1. The molecule has 0 heterocycles. The van der Waals surface area contributed by atoms with Crippen molar-refractivity contribution in [3.8, 4) is 11.5 Å². The van der Waals surface area contributed by atoms with Crippen molar-refractivity contribution in [2.45, 2.75) is 12.5 Å². The van der Waals surface area contributed by atoms with Crippen LogP contribution in [-0.2, 0) is 16.0 Å². The van der Waals surface area contributed by atoms with Crippen LogP contribution in [0, 0.1) is 0 Å². The van der Waals surface area contributed by atoms with Gasteiger partial charge in [0.15, 0.2) is 11.5 Å². The molecule has 1 rings (SSSR count). The van der Waals surface area contributed by atoms with Crippen LogP contribution in [-0.4, -0.2) is 31.3 Å². The molecule has 0 aliphatic heterocycles.